The van der Waals surface area contributed by atoms with Gasteiger partial charge in [0.15, 0.2) is 11.5 Å². The third-order valence-electron chi connectivity index (χ3n) is 3.42. The van der Waals surface area contributed by atoms with Crippen LogP contribution < -0.4 is 15.2 Å². The third kappa shape index (κ3) is 5.06. The van der Waals surface area contributed by atoms with Gasteiger partial charge < -0.3 is 20.3 Å². The second-order valence-electron chi connectivity index (χ2n) is 4.92. The highest BCUT2D eigenvalue weighted by Crippen LogP contribution is 2.39. The van der Waals surface area contributed by atoms with Crippen molar-refractivity contribution >= 4 is 11.6 Å². The summed E-state index contributed by atoms with van der Waals surface area (Å²) in [5.74, 6) is 1.49. The zero-order chi connectivity index (χ0) is 15.8. The predicted octanol–water partition coefficient (Wildman–Crippen LogP) is 3.34. The molecule has 0 spiro atoms. The van der Waals surface area contributed by atoms with Crippen molar-refractivity contribution in [2.75, 3.05) is 19.8 Å². The van der Waals surface area contributed by atoms with Gasteiger partial charge in [0.1, 0.15) is 0 Å². The minimum Gasteiger partial charge on any atom is -0.490 e. The molecule has 21 heavy (non-hydrogen) atoms. The summed E-state index contributed by atoms with van der Waals surface area (Å²) in [5.41, 5.74) is 6.48. The van der Waals surface area contributed by atoms with E-state index in [-0.39, 0.29) is 12.5 Å². The lowest BCUT2D eigenvalue weighted by Crippen LogP contribution is -2.22. The first-order valence-corrected chi connectivity index (χ1v) is 7.92. The zero-order valence-electron chi connectivity index (χ0n) is 13.1. The van der Waals surface area contributed by atoms with E-state index in [1.807, 2.05) is 19.9 Å². The minimum absolute atomic E-state index is 0.144. The highest BCUT2D eigenvalue weighted by Gasteiger charge is 2.20. The molecule has 120 valence electrons. The van der Waals surface area contributed by atoms with E-state index < -0.39 is 6.10 Å². The van der Waals surface area contributed by atoms with Gasteiger partial charge in [-0.2, -0.15) is 0 Å². The van der Waals surface area contributed by atoms with Crippen LogP contribution in [-0.4, -0.2) is 31.0 Å². The quantitative estimate of drug-likeness (QED) is 0.733. The maximum absolute atomic E-state index is 9.80. The molecule has 0 amide bonds. The van der Waals surface area contributed by atoms with Crippen molar-refractivity contribution in [1.29, 1.82) is 0 Å². The summed E-state index contributed by atoms with van der Waals surface area (Å²) >= 11 is 6.39. The number of ether oxygens (including phenoxy) is 2. The predicted molar refractivity (Wildman–Crippen MR) is 86.5 cm³/mol. The largest absolute Gasteiger partial charge is 0.490 e. The maximum atomic E-state index is 9.80. The summed E-state index contributed by atoms with van der Waals surface area (Å²) in [6.07, 6.45) is 0.941. The van der Waals surface area contributed by atoms with Crippen LogP contribution in [-0.2, 0) is 0 Å². The molecule has 1 aromatic rings. The first kappa shape index (κ1) is 18.1. The molecule has 4 nitrogen and oxygen atoms in total. The second kappa shape index (κ2) is 9.13. The third-order valence-corrected chi connectivity index (χ3v) is 3.75. The van der Waals surface area contributed by atoms with E-state index in [0.29, 0.717) is 36.2 Å². The van der Waals surface area contributed by atoms with E-state index >= 15 is 0 Å². The second-order valence-corrected chi connectivity index (χ2v) is 5.32. The number of aliphatic hydroxyl groups is 1. The fourth-order valence-electron chi connectivity index (χ4n) is 2.34. The van der Waals surface area contributed by atoms with Crippen LogP contribution in [0.5, 0.6) is 11.5 Å². The van der Waals surface area contributed by atoms with Crippen LogP contribution in [0.15, 0.2) is 12.1 Å². The van der Waals surface area contributed by atoms with Crippen molar-refractivity contribution in [2.45, 2.75) is 45.6 Å². The van der Waals surface area contributed by atoms with E-state index in [2.05, 4.69) is 6.92 Å². The van der Waals surface area contributed by atoms with Crippen molar-refractivity contribution in [2.24, 2.45) is 5.73 Å². The lowest BCUT2D eigenvalue weighted by molar-refractivity contribution is 0.162. The molecule has 3 N–H and O–H groups in total. The van der Waals surface area contributed by atoms with Gasteiger partial charge in [-0.25, -0.2) is 0 Å². The summed E-state index contributed by atoms with van der Waals surface area (Å²) in [4.78, 5) is 0. The van der Waals surface area contributed by atoms with Crippen LogP contribution in [0.25, 0.3) is 0 Å². The van der Waals surface area contributed by atoms with E-state index in [4.69, 9.17) is 26.8 Å². The molecular weight excluding hydrogens is 290 g/mol. The van der Waals surface area contributed by atoms with Crippen molar-refractivity contribution in [1.82, 2.24) is 0 Å². The van der Waals surface area contributed by atoms with Crippen LogP contribution in [0.4, 0.5) is 0 Å². The summed E-state index contributed by atoms with van der Waals surface area (Å²) in [6.45, 7) is 7.29. The molecule has 1 aromatic carbocycles. The number of rotatable bonds is 9. The molecule has 0 heterocycles. The van der Waals surface area contributed by atoms with Gasteiger partial charge >= 0.3 is 0 Å². The van der Waals surface area contributed by atoms with Gasteiger partial charge in [0.05, 0.1) is 19.3 Å². The molecule has 2 atom stereocenters. The lowest BCUT2D eigenvalue weighted by Gasteiger charge is -2.21. The minimum atomic E-state index is -0.520. The van der Waals surface area contributed by atoms with Gasteiger partial charge in [0, 0.05) is 17.6 Å². The highest BCUT2D eigenvalue weighted by atomic mass is 35.5. The molecular formula is C16H26ClNO3. The Morgan fingerprint density at radius 3 is 2.19 bits per heavy atom. The number of halogens is 1. The molecule has 0 bridgehead atoms. The maximum Gasteiger partial charge on any atom is 0.162 e. The van der Waals surface area contributed by atoms with E-state index in [9.17, 15) is 5.11 Å². The van der Waals surface area contributed by atoms with Gasteiger partial charge in [0.25, 0.3) is 0 Å². The Morgan fingerprint density at radius 2 is 1.71 bits per heavy atom. The van der Waals surface area contributed by atoms with E-state index in [1.54, 1.807) is 6.07 Å². The summed E-state index contributed by atoms with van der Waals surface area (Å²) in [6, 6.07) is 3.72. The Morgan fingerprint density at radius 1 is 1.14 bits per heavy atom. The number of hydrogen-bond acceptors (Lipinski definition) is 4. The summed E-state index contributed by atoms with van der Waals surface area (Å²) in [7, 11) is 0. The molecule has 0 fully saturated rings. The first-order valence-electron chi connectivity index (χ1n) is 7.54. The Balaban J connectivity index is 3.12. The number of aliphatic hydroxyl groups excluding tert-OH is 1. The molecule has 0 aromatic heterocycles. The molecule has 5 heteroatoms. The van der Waals surface area contributed by atoms with Gasteiger partial charge in [-0.3, -0.25) is 0 Å². The normalized spacial score (nSPS) is 13.8. The zero-order valence-corrected chi connectivity index (χ0v) is 13.8. The average Bonchev–Trinajstić information content (AvgIpc) is 2.48. The van der Waals surface area contributed by atoms with Gasteiger partial charge in [-0.05, 0) is 44.2 Å². The van der Waals surface area contributed by atoms with Crippen LogP contribution in [0.3, 0.4) is 0 Å². The van der Waals surface area contributed by atoms with Crippen molar-refractivity contribution in [3.63, 3.8) is 0 Å². The number of nitrogens with two attached hydrogens (primary N) is 1. The Hall–Kier alpha value is -0.970. The van der Waals surface area contributed by atoms with Crippen LogP contribution in [0.2, 0.25) is 5.02 Å². The van der Waals surface area contributed by atoms with Gasteiger partial charge in [-0.1, -0.05) is 18.5 Å². The molecule has 1 rings (SSSR count). The molecule has 0 radical (unpaired) electrons. The molecule has 2 unspecified atom stereocenters. The molecule has 0 saturated heterocycles. The first-order chi connectivity index (χ1) is 10.1. The lowest BCUT2D eigenvalue weighted by atomic mass is 9.90. The molecule has 0 aliphatic rings. The summed E-state index contributed by atoms with van der Waals surface area (Å²) < 4.78 is 11.2. The van der Waals surface area contributed by atoms with Crippen molar-refractivity contribution in [3.05, 3.63) is 22.7 Å². The standard InChI is InChI=1S/C16H26ClNO3/c1-4-11(7-12(19)10-18)13-8-15(20-5-2)16(21-6-3)9-14(13)17/h8-9,11-12,19H,4-7,10,18H2,1-3H3. The van der Waals surface area contributed by atoms with Gasteiger partial charge in [-0.15, -0.1) is 0 Å². The Labute approximate surface area is 132 Å². The van der Waals surface area contributed by atoms with Crippen LogP contribution >= 0.6 is 11.6 Å². The fourth-order valence-corrected chi connectivity index (χ4v) is 2.65. The number of hydrogen-bond donors (Lipinski definition) is 2. The molecule has 0 saturated carbocycles. The molecule has 0 aliphatic heterocycles. The van der Waals surface area contributed by atoms with Crippen LogP contribution in [0.1, 0.15) is 45.1 Å². The van der Waals surface area contributed by atoms with Crippen LogP contribution in [0, 0.1) is 0 Å². The summed E-state index contributed by atoms with van der Waals surface area (Å²) in [5, 5.41) is 10.4. The monoisotopic (exact) mass is 315 g/mol. The van der Waals surface area contributed by atoms with Gasteiger partial charge in [0.2, 0.25) is 0 Å². The molecule has 0 aliphatic carbocycles. The number of benzene rings is 1. The SMILES string of the molecule is CCOc1cc(Cl)c(C(CC)CC(O)CN)cc1OCC. The topological polar surface area (TPSA) is 64.7 Å². The van der Waals surface area contributed by atoms with E-state index in [0.717, 1.165) is 12.0 Å². The Bertz CT molecular complexity index is 440. The highest BCUT2D eigenvalue weighted by molar-refractivity contribution is 6.31. The average molecular weight is 316 g/mol. The van der Waals surface area contributed by atoms with Crippen molar-refractivity contribution in [3.8, 4) is 11.5 Å². The Kier molecular flexibility index (Phi) is 7.86. The smallest absolute Gasteiger partial charge is 0.162 e. The van der Waals surface area contributed by atoms with E-state index in [1.165, 1.54) is 0 Å². The van der Waals surface area contributed by atoms with Crippen molar-refractivity contribution < 1.29 is 14.6 Å². The fraction of sp³-hybridized carbons (Fsp3) is 0.625.